The lowest BCUT2D eigenvalue weighted by atomic mass is 9.94. The van der Waals surface area contributed by atoms with E-state index in [9.17, 15) is 9.59 Å². The molecule has 1 aliphatic carbocycles. The molecule has 0 spiro atoms. The van der Waals surface area contributed by atoms with Crippen LogP contribution in [0.1, 0.15) is 39.5 Å². The van der Waals surface area contributed by atoms with Gasteiger partial charge in [0, 0.05) is 42.8 Å². The zero-order valence-electron chi connectivity index (χ0n) is 16.3. The van der Waals surface area contributed by atoms with Crippen LogP contribution in [0.4, 0.5) is 5.69 Å². The fourth-order valence-electron chi connectivity index (χ4n) is 4.32. The minimum Gasteiger partial charge on any atom is -0.340 e. The highest BCUT2D eigenvalue weighted by atomic mass is 35.5. The highest BCUT2D eigenvalue weighted by Gasteiger charge is 2.37. The number of carbonyl (C=O) groups excluding carboxylic acids is 2. The quantitative estimate of drug-likeness (QED) is 0.833. The molecule has 1 N–H and O–H groups in total. The number of rotatable bonds is 5. The molecule has 27 heavy (non-hydrogen) atoms. The molecule has 1 unspecified atom stereocenters. The first kappa shape index (κ1) is 20.2. The fraction of sp³-hybridized carbons (Fsp3) is 0.619. The first-order chi connectivity index (χ1) is 13.0. The monoisotopic (exact) mass is 391 g/mol. The third-order valence-electron chi connectivity index (χ3n) is 5.72. The van der Waals surface area contributed by atoms with Crippen molar-refractivity contribution in [2.24, 2.45) is 11.8 Å². The number of nitrogens with one attached hydrogen (secondary N) is 1. The summed E-state index contributed by atoms with van der Waals surface area (Å²) in [6.45, 7) is 6.78. The number of carbonyl (C=O) groups is 2. The summed E-state index contributed by atoms with van der Waals surface area (Å²) in [5.41, 5.74) is 0.740. The fourth-order valence-corrected chi connectivity index (χ4v) is 4.51. The molecule has 148 valence electrons. The number of benzene rings is 1. The summed E-state index contributed by atoms with van der Waals surface area (Å²) in [6.07, 6.45) is 4.58. The van der Waals surface area contributed by atoms with Crippen LogP contribution in [-0.4, -0.2) is 53.8 Å². The van der Waals surface area contributed by atoms with Gasteiger partial charge in [-0.05, 0) is 37.0 Å². The van der Waals surface area contributed by atoms with Gasteiger partial charge in [0.25, 0.3) is 0 Å². The van der Waals surface area contributed by atoms with E-state index in [1.54, 1.807) is 12.1 Å². The molecule has 0 bridgehead atoms. The number of amides is 2. The average Bonchev–Trinajstić information content (AvgIpc) is 3.16. The number of hydrogen-bond acceptors (Lipinski definition) is 3. The Balaban J connectivity index is 1.68. The topological polar surface area (TPSA) is 52.7 Å². The zero-order chi connectivity index (χ0) is 19.4. The van der Waals surface area contributed by atoms with Crippen molar-refractivity contribution in [2.45, 2.75) is 45.6 Å². The third kappa shape index (κ3) is 5.02. The molecule has 1 atom stereocenters. The molecule has 1 saturated carbocycles. The molecule has 1 aliphatic heterocycles. The molecular formula is C21H30ClN3O2. The van der Waals surface area contributed by atoms with Crippen molar-refractivity contribution in [2.75, 3.05) is 31.5 Å². The predicted molar refractivity (Wildman–Crippen MR) is 109 cm³/mol. The maximum atomic E-state index is 13.2. The van der Waals surface area contributed by atoms with Gasteiger partial charge in [-0.2, -0.15) is 0 Å². The summed E-state index contributed by atoms with van der Waals surface area (Å²) in [5.74, 6) is 0.660. The second kappa shape index (κ2) is 9.07. The van der Waals surface area contributed by atoms with E-state index in [4.69, 9.17) is 11.6 Å². The summed E-state index contributed by atoms with van der Waals surface area (Å²) in [4.78, 5) is 29.6. The SMILES string of the molecule is CC(C)C(=O)N1CCN(C(C(=O)Nc2cccc(Cl)c2)C2CCCC2)CC1. The lowest BCUT2D eigenvalue weighted by molar-refractivity contribution is -0.137. The Morgan fingerprint density at radius 2 is 1.78 bits per heavy atom. The summed E-state index contributed by atoms with van der Waals surface area (Å²) >= 11 is 6.06. The van der Waals surface area contributed by atoms with E-state index < -0.39 is 0 Å². The number of nitrogens with zero attached hydrogens (tertiary/aromatic N) is 2. The minimum atomic E-state index is -0.136. The van der Waals surface area contributed by atoms with Crippen molar-refractivity contribution in [3.05, 3.63) is 29.3 Å². The van der Waals surface area contributed by atoms with Gasteiger partial charge in [-0.3, -0.25) is 14.5 Å². The summed E-state index contributed by atoms with van der Waals surface area (Å²) in [6, 6.07) is 7.16. The Hall–Kier alpha value is -1.59. The number of halogens is 1. The summed E-state index contributed by atoms with van der Waals surface area (Å²) in [5, 5.41) is 3.68. The van der Waals surface area contributed by atoms with Crippen molar-refractivity contribution < 1.29 is 9.59 Å². The summed E-state index contributed by atoms with van der Waals surface area (Å²) in [7, 11) is 0. The van der Waals surface area contributed by atoms with Gasteiger partial charge >= 0.3 is 0 Å². The van der Waals surface area contributed by atoms with Gasteiger partial charge in [-0.1, -0.05) is 44.4 Å². The van der Waals surface area contributed by atoms with Crippen LogP contribution < -0.4 is 5.32 Å². The molecule has 2 fully saturated rings. The van der Waals surface area contributed by atoms with Crippen LogP contribution in [0, 0.1) is 11.8 Å². The van der Waals surface area contributed by atoms with Crippen LogP contribution >= 0.6 is 11.6 Å². The number of hydrogen-bond donors (Lipinski definition) is 1. The van der Waals surface area contributed by atoms with Crippen molar-refractivity contribution >= 4 is 29.1 Å². The first-order valence-electron chi connectivity index (χ1n) is 10.0. The maximum absolute atomic E-state index is 13.2. The second-order valence-corrected chi connectivity index (χ2v) is 8.44. The Bertz CT molecular complexity index is 665. The largest absolute Gasteiger partial charge is 0.340 e. The molecule has 2 amide bonds. The average molecular weight is 392 g/mol. The molecule has 6 heteroatoms. The van der Waals surface area contributed by atoms with E-state index in [0.29, 0.717) is 24.0 Å². The molecular weight excluding hydrogens is 362 g/mol. The lowest BCUT2D eigenvalue weighted by Crippen LogP contribution is -2.57. The van der Waals surface area contributed by atoms with Crippen molar-refractivity contribution in [3.63, 3.8) is 0 Å². The van der Waals surface area contributed by atoms with Crippen LogP contribution in [0.3, 0.4) is 0 Å². The molecule has 1 saturated heterocycles. The van der Waals surface area contributed by atoms with E-state index in [-0.39, 0.29) is 23.8 Å². The van der Waals surface area contributed by atoms with Gasteiger partial charge in [-0.15, -0.1) is 0 Å². The van der Waals surface area contributed by atoms with Crippen LogP contribution in [0.15, 0.2) is 24.3 Å². The number of anilines is 1. The standard InChI is InChI=1S/C21H30ClN3O2/c1-15(2)21(27)25-12-10-24(11-13-25)19(16-6-3-4-7-16)20(26)23-18-9-5-8-17(22)14-18/h5,8-9,14-16,19H,3-4,6-7,10-13H2,1-2H3,(H,23,26). The Morgan fingerprint density at radius 1 is 1.11 bits per heavy atom. The molecule has 3 rings (SSSR count). The van der Waals surface area contributed by atoms with E-state index in [1.807, 2.05) is 30.9 Å². The second-order valence-electron chi connectivity index (χ2n) is 8.00. The van der Waals surface area contributed by atoms with Crippen LogP contribution in [0.2, 0.25) is 5.02 Å². The highest BCUT2D eigenvalue weighted by Crippen LogP contribution is 2.32. The Labute approximate surface area is 167 Å². The van der Waals surface area contributed by atoms with E-state index in [2.05, 4.69) is 10.2 Å². The van der Waals surface area contributed by atoms with E-state index >= 15 is 0 Å². The third-order valence-corrected chi connectivity index (χ3v) is 5.96. The van der Waals surface area contributed by atoms with Crippen LogP contribution in [-0.2, 0) is 9.59 Å². The normalized spacial score (nSPS) is 20.1. The Morgan fingerprint density at radius 3 is 2.37 bits per heavy atom. The molecule has 5 nitrogen and oxygen atoms in total. The summed E-state index contributed by atoms with van der Waals surface area (Å²) < 4.78 is 0. The molecule has 1 aromatic carbocycles. The van der Waals surface area contributed by atoms with Gasteiger partial charge in [0.1, 0.15) is 0 Å². The first-order valence-corrected chi connectivity index (χ1v) is 10.4. The maximum Gasteiger partial charge on any atom is 0.242 e. The predicted octanol–water partition coefficient (Wildman–Crippen LogP) is 3.64. The Kier molecular flexibility index (Phi) is 6.77. The van der Waals surface area contributed by atoms with Crippen molar-refractivity contribution in [1.82, 2.24) is 9.80 Å². The molecule has 1 aromatic rings. The van der Waals surface area contributed by atoms with E-state index in [0.717, 1.165) is 31.6 Å². The van der Waals surface area contributed by atoms with Gasteiger partial charge in [0.05, 0.1) is 6.04 Å². The van der Waals surface area contributed by atoms with Gasteiger partial charge in [0.15, 0.2) is 0 Å². The van der Waals surface area contributed by atoms with Gasteiger partial charge < -0.3 is 10.2 Å². The lowest BCUT2D eigenvalue weighted by Gasteiger charge is -2.41. The zero-order valence-corrected chi connectivity index (χ0v) is 17.0. The smallest absolute Gasteiger partial charge is 0.242 e. The minimum absolute atomic E-state index is 0.0216. The van der Waals surface area contributed by atoms with Gasteiger partial charge in [-0.25, -0.2) is 0 Å². The molecule has 0 radical (unpaired) electrons. The molecule has 1 heterocycles. The van der Waals surface area contributed by atoms with Crippen LogP contribution in [0.5, 0.6) is 0 Å². The van der Waals surface area contributed by atoms with Crippen molar-refractivity contribution in [3.8, 4) is 0 Å². The van der Waals surface area contributed by atoms with E-state index in [1.165, 1.54) is 12.8 Å². The molecule has 0 aromatic heterocycles. The van der Waals surface area contributed by atoms with Crippen LogP contribution in [0.25, 0.3) is 0 Å². The van der Waals surface area contributed by atoms with Crippen molar-refractivity contribution in [1.29, 1.82) is 0 Å². The highest BCUT2D eigenvalue weighted by molar-refractivity contribution is 6.30. The van der Waals surface area contributed by atoms with Gasteiger partial charge in [0.2, 0.25) is 11.8 Å². The molecule has 2 aliphatic rings. The number of piperazine rings is 1.